The minimum absolute atomic E-state index is 0.0435. The number of carbonyl (C=O) groups is 1. The van der Waals surface area contributed by atoms with Crippen LogP contribution in [0.4, 0.5) is 0 Å². The summed E-state index contributed by atoms with van der Waals surface area (Å²) in [5, 5.41) is 5.76. The average Bonchev–Trinajstić information content (AvgIpc) is 2.91. The number of amides is 1. The fraction of sp³-hybridized carbons (Fsp3) is 0.412. The van der Waals surface area contributed by atoms with Gasteiger partial charge in [0, 0.05) is 0 Å². The number of guanidine groups is 1. The maximum Gasteiger partial charge on any atom is 0.238 e. The quantitative estimate of drug-likeness (QED) is 0.699. The highest BCUT2D eigenvalue weighted by atomic mass is 16.2. The van der Waals surface area contributed by atoms with Crippen LogP contribution in [0, 0.1) is 5.92 Å². The van der Waals surface area contributed by atoms with E-state index in [9.17, 15) is 4.79 Å². The van der Waals surface area contributed by atoms with Crippen molar-refractivity contribution in [1.82, 2.24) is 10.6 Å². The SMILES string of the molecule is NC1=NC2NC=C(CCCCCc3ccccc3)C2C(=O)N1. The van der Waals surface area contributed by atoms with Crippen molar-refractivity contribution in [2.75, 3.05) is 0 Å². The lowest BCUT2D eigenvalue weighted by Crippen LogP contribution is -2.50. The van der Waals surface area contributed by atoms with E-state index in [0.717, 1.165) is 31.3 Å². The number of benzene rings is 1. The molecule has 5 nitrogen and oxygen atoms in total. The van der Waals surface area contributed by atoms with Gasteiger partial charge in [-0.3, -0.25) is 10.1 Å². The van der Waals surface area contributed by atoms with Crippen LogP contribution in [-0.4, -0.2) is 18.0 Å². The summed E-state index contributed by atoms with van der Waals surface area (Å²) in [6.45, 7) is 0. The number of hydrogen-bond donors (Lipinski definition) is 3. The highest BCUT2D eigenvalue weighted by Crippen LogP contribution is 2.28. The molecule has 0 aromatic heterocycles. The van der Waals surface area contributed by atoms with E-state index in [1.807, 2.05) is 12.3 Å². The molecule has 0 radical (unpaired) electrons. The largest absolute Gasteiger partial charge is 0.370 e. The highest BCUT2D eigenvalue weighted by Gasteiger charge is 2.38. The first-order chi connectivity index (χ1) is 10.7. The zero-order valence-corrected chi connectivity index (χ0v) is 12.6. The normalized spacial score (nSPS) is 23.2. The maximum atomic E-state index is 12.0. The molecule has 0 fully saturated rings. The zero-order valence-electron chi connectivity index (χ0n) is 12.6. The Bertz CT molecular complexity index is 594. The fourth-order valence-electron chi connectivity index (χ4n) is 3.10. The Labute approximate surface area is 130 Å². The van der Waals surface area contributed by atoms with Gasteiger partial charge in [-0.25, -0.2) is 4.99 Å². The lowest BCUT2D eigenvalue weighted by molar-refractivity contribution is -0.123. The Morgan fingerprint density at radius 3 is 2.68 bits per heavy atom. The van der Waals surface area contributed by atoms with Crippen LogP contribution >= 0.6 is 0 Å². The molecule has 3 rings (SSSR count). The minimum atomic E-state index is -0.215. The fourth-order valence-corrected chi connectivity index (χ4v) is 3.10. The highest BCUT2D eigenvalue weighted by molar-refractivity contribution is 6.01. The molecule has 0 aliphatic carbocycles. The van der Waals surface area contributed by atoms with Gasteiger partial charge in [0.05, 0.1) is 0 Å². The molecule has 0 saturated carbocycles. The summed E-state index contributed by atoms with van der Waals surface area (Å²) >= 11 is 0. The number of aryl methyl sites for hydroxylation is 1. The van der Waals surface area contributed by atoms with Crippen molar-refractivity contribution in [3.63, 3.8) is 0 Å². The average molecular weight is 298 g/mol. The Balaban J connectivity index is 1.42. The van der Waals surface area contributed by atoms with Gasteiger partial charge in [-0.05, 0) is 43.0 Å². The second kappa shape index (κ2) is 6.64. The van der Waals surface area contributed by atoms with Crippen LogP contribution in [0.3, 0.4) is 0 Å². The van der Waals surface area contributed by atoms with Gasteiger partial charge in [-0.15, -0.1) is 0 Å². The summed E-state index contributed by atoms with van der Waals surface area (Å²) < 4.78 is 0. The molecule has 0 saturated heterocycles. The van der Waals surface area contributed by atoms with Crippen molar-refractivity contribution >= 4 is 11.9 Å². The van der Waals surface area contributed by atoms with Crippen LogP contribution in [0.15, 0.2) is 47.1 Å². The number of hydrogen-bond acceptors (Lipinski definition) is 4. The van der Waals surface area contributed by atoms with E-state index in [-0.39, 0.29) is 24.0 Å². The standard InChI is InChI=1S/C17H22N4O/c18-17-20-15-14(16(22)21-17)13(11-19-15)10-6-2-5-9-12-7-3-1-4-8-12/h1,3-4,7-8,11,14-15,19H,2,5-6,9-10H2,(H3,18,20,21,22). The molecule has 0 bridgehead atoms. The second-order valence-electron chi connectivity index (χ2n) is 5.86. The van der Waals surface area contributed by atoms with Gasteiger partial charge >= 0.3 is 0 Å². The molecule has 116 valence electrons. The van der Waals surface area contributed by atoms with Gasteiger partial charge in [-0.1, -0.05) is 36.8 Å². The molecule has 2 unspecified atom stereocenters. The Hall–Kier alpha value is -2.30. The Morgan fingerprint density at radius 1 is 1.09 bits per heavy atom. The van der Waals surface area contributed by atoms with Crippen LogP contribution < -0.4 is 16.4 Å². The van der Waals surface area contributed by atoms with Crippen molar-refractivity contribution in [1.29, 1.82) is 0 Å². The van der Waals surface area contributed by atoms with E-state index in [4.69, 9.17) is 5.73 Å². The van der Waals surface area contributed by atoms with Crippen molar-refractivity contribution in [2.24, 2.45) is 16.6 Å². The van der Waals surface area contributed by atoms with E-state index < -0.39 is 0 Å². The molecule has 1 aromatic rings. The van der Waals surface area contributed by atoms with E-state index in [1.54, 1.807) is 0 Å². The zero-order chi connectivity index (χ0) is 15.4. The van der Waals surface area contributed by atoms with E-state index >= 15 is 0 Å². The van der Waals surface area contributed by atoms with E-state index in [2.05, 4.69) is 39.9 Å². The Morgan fingerprint density at radius 2 is 1.86 bits per heavy atom. The smallest absolute Gasteiger partial charge is 0.238 e. The summed E-state index contributed by atoms with van der Waals surface area (Å²) in [6.07, 6.45) is 7.21. The lowest BCUT2D eigenvalue weighted by Gasteiger charge is -2.23. The molecule has 2 heterocycles. The van der Waals surface area contributed by atoms with Gasteiger partial charge in [0.1, 0.15) is 12.1 Å². The van der Waals surface area contributed by atoms with E-state index in [0.29, 0.717) is 0 Å². The summed E-state index contributed by atoms with van der Waals surface area (Å²) in [6, 6.07) is 10.5. The number of nitrogens with two attached hydrogens (primary N) is 1. The van der Waals surface area contributed by atoms with Crippen molar-refractivity contribution < 1.29 is 4.79 Å². The molecule has 1 amide bonds. The minimum Gasteiger partial charge on any atom is -0.370 e. The first kappa shape index (κ1) is 14.6. The third-order valence-electron chi connectivity index (χ3n) is 4.24. The first-order valence-electron chi connectivity index (χ1n) is 7.87. The molecule has 2 aliphatic rings. The van der Waals surface area contributed by atoms with Crippen molar-refractivity contribution in [3.05, 3.63) is 47.7 Å². The van der Waals surface area contributed by atoms with Gasteiger partial charge in [0.25, 0.3) is 0 Å². The molecular weight excluding hydrogens is 276 g/mol. The van der Waals surface area contributed by atoms with Crippen LogP contribution in [0.2, 0.25) is 0 Å². The maximum absolute atomic E-state index is 12.0. The number of rotatable bonds is 6. The molecular formula is C17H22N4O. The number of nitrogens with zero attached hydrogens (tertiary/aromatic N) is 1. The molecule has 2 atom stereocenters. The van der Waals surface area contributed by atoms with Crippen LogP contribution in [-0.2, 0) is 11.2 Å². The Kier molecular flexibility index (Phi) is 4.42. The second-order valence-corrected chi connectivity index (χ2v) is 5.86. The summed E-state index contributed by atoms with van der Waals surface area (Å²) in [5.41, 5.74) is 8.10. The first-order valence-corrected chi connectivity index (χ1v) is 7.87. The van der Waals surface area contributed by atoms with Crippen LogP contribution in [0.1, 0.15) is 31.2 Å². The van der Waals surface area contributed by atoms with Gasteiger partial charge in [0.2, 0.25) is 5.91 Å². The molecule has 0 spiro atoms. The summed E-state index contributed by atoms with van der Waals surface area (Å²) in [7, 11) is 0. The van der Waals surface area contributed by atoms with Gasteiger partial charge in [0.15, 0.2) is 5.96 Å². The predicted octanol–water partition coefficient (Wildman–Crippen LogP) is 1.66. The van der Waals surface area contributed by atoms with Gasteiger partial charge in [-0.2, -0.15) is 0 Å². The third kappa shape index (κ3) is 3.30. The molecule has 4 N–H and O–H groups in total. The number of unbranched alkanes of at least 4 members (excludes halogenated alkanes) is 2. The number of aliphatic imine (C=N–C) groups is 1. The number of carbonyl (C=O) groups excluding carboxylic acids is 1. The van der Waals surface area contributed by atoms with Crippen LogP contribution in [0.25, 0.3) is 0 Å². The molecule has 22 heavy (non-hydrogen) atoms. The monoisotopic (exact) mass is 298 g/mol. The summed E-state index contributed by atoms with van der Waals surface area (Å²) in [4.78, 5) is 16.2. The molecule has 1 aromatic carbocycles. The van der Waals surface area contributed by atoms with Crippen LogP contribution in [0.5, 0.6) is 0 Å². The molecule has 5 heteroatoms. The number of fused-ring (bicyclic) bond motifs is 1. The third-order valence-corrected chi connectivity index (χ3v) is 4.24. The van der Waals surface area contributed by atoms with Crippen molar-refractivity contribution in [2.45, 2.75) is 38.3 Å². The van der Waals surface area contributed by atoms with Gasteiger partial charge < -0.3 is 11.1 Å². The topological polar surface area (TPSA) is 79.5 Å². The lowest BCUT2D eigenvalue weighted by atomic mass is 9.93. The predicted molar refractivity (Wildman–Crippen MR) is 86.9 cm³/mol. The number of nitrogens with one attached hydrogen (secondary N) is 2. The van der Waals surface area contributed by atoms with E-state index in [1.165, 1.54) is 12.0 Å². The van der Waals surface area contributed by atoms with Crippen molar-refractivity contribution in [3.8, 4) is 0 Å². The summed E-state index contributed by atoms with van der Waals surface area (Å²) in [5.74, 6) is -0.0317. The molecule has 2 aliphatic heterocycles.